The molecule has 1 heterocycles. The molecule has 8 aromatic carbocycles. The molecule has 0 bridgehead atoms. The number of para-hydroxylation sites is 2. The smallest absolute Gasteiger partial charge is 0.0602 e. The van der Waals surface area contributed by atoms with E-state index in [1.165, 1.54) is 59.9 Å². The maximum Gasteiger partial charge on any atom is 0.0602 e. The van der Waals surface area contributed by atoms with Crippen LogP contribution in [0.25, 0.3) is 33.0 Å². The number of anilines is 6. The molecule has 0 spiro atoms. The number of benzene rings is 8. The molecule has 0 radical (unpaired) electrons. The molecule has 8 aromatic rings. The fraction of sp³-hybridized carbons (Fsp3) is 0. The molecule has 2 nitrogen and oxygen atoms in total. The van der Waals surface area contributed by atoms with Gasteiger partial charge in [0.15, 0.2) is 0 Å². The monoisotopic (exact) mass is 644 g/mol. The molecule has 0 aromatic heterocycles. The molecule has 0 N–H and O–H groups in total. The van der Waals surface area contributed by atoms with Crippen molar-refractivity contribution in [2.24, 2.45) is 0 Å². The van der Waals surface area contributed by atoms with Gasteiger partial charge in [0, 0.05) is 32.2 Å². The van der Waals surface area contributed by atoms with Gasteiger partial charge in [-0.15, -0.1) is 0 Å². The van der Waals surface area contributed by atoms with E-state index in [0.717, 1.165) is 17.1 Å². The second-order valence-corrected chi connectivity index (χ2v) is 13.3. The van der Waals surface area contributed by atoms with Crippen LogP contribution in [0.5, 0.6) is 0 Å². The lowest BCUT2D eigenvalue weighted by molar-refractivity contribution is 1.17. The number of rotatable bonds is 6. The fourth-order valence-corrected chi connectivity index (χ4v) is 7.96. The molecule has 9 rings (SSSR count). The summed E-state index contributed by atoms with van der Waals surface area (Å²) in [5.74, 6) is 0. The zero-order valence-electron chi connectivity index (χ0n) is 26.8. The van der Waals surface area contributed by atoms with E-state index in [0.29, 0.717) is 0 Å². The topological polar surface area (TPSA) is 6.48 Å². The molecule has 3 heteroatoms. The van der Waals surface area contributed by atoms with Crippen LogP contribution in [0.4, 0.5) is 34.1 Å². The Bertz CT molecular complexity index is 2400. The van der Waals surface area contributed by atoms with Crippen LogP contribution in [0.3, 0.4) is 0 Å². The summed E-state index contributed by atoms with van der Waals surface area (Å²) in [7, 11) is 0. The van der Waals surface area contributed by atoms with Crippen LogP contribution in [0, 0.1) is 0 Å². The average Bonchev–Trinajstić information content (AvgIpc) is 3.18. The van der Waals surface area contributed by atoms with Gasteiger partial charge in [-0.25, -0.2) is 0 Å². The molecule has 0 unspecified atom stereocenters. The second-order valence-electron chi connectivity index (χ2n) is 12.2. The highest BCUT2D eigenvalue weighted by Crippen LogP contribution is 2.52. The quantitative estimate of drug-likeness (QED) is 0.178. The van der Waals surface area contributed by atoms with Crippen molar-refractivity contribution < 1.29 is 0 Å². The SMILES string of the molecule is c1ccc(-c2ccc(N(c3ccc(-c4ccc5c(c4)Sc4ccccc4N5c4ccccc4)cc3)c3cccc4ccccc34)cc2)cc1. The van der Waals surface area contributed by atoms with Gasteiger partial charge in [0.05, 0.1) is 17.1 Å². The van der Waals surface area contributed by atoms with Crippen molar-refractivity contribution in [3.8, 4) is 22.3 Å². The summed E-state index contributed by atoms with van der Waals surface area (Å²) < 4.78 is 0. The predicted octanol–water partition coefficient (Wildman–Crippen LogP) is 13.6. The Labute approximate surface area is 291 Å². The number of hydrogen-bond donors (Lipinski definition) is 0. The van der Waals surface area contributed by atoms with Gasteiger partial charge in [0.25, 0.3) is 0 Å². The Hall–Kier alpha value is -6.03. The highest BCUT2D eigenvalue weighted by molar-refractivity contribution is 7.99. The van der Waals surface area contributed by atoms with E-state index in [1.54, 1.807) is 0 Å². The summed E-state index contributed by atoms with van der Waals surface area (Å²) in [5, 5.41) is 2.44. The highest BCUT2D eigenvalue weighted by atomic mass is 32.2. The first-order valence-corrected chi connectivity index (χ1v) is 17.4. The first-order chi connectivity index (χ1) is 24.3. The molecular weight excluding hydrogens is 613 g/mol. The van der Waals surface area contributed by atoms with Crippen molar-refractivity contribution >= 4 is 56.7 Å². The van der Waals surface area contributed by atoms with E-state index >= 15 is 0 Å². The molecular formula is C46H32N2S. The summed E-state index contributed by atoms with van der Waals surface area (Å²) >= 11 is 1.84. The van der Waals surface area contributed by atoms with Crippen molar-refractivity contribution in [2.75, 3.05) is 9.80 Å². The van der Waals surface area contributed by atoms with Crippen LogP contribution in [-0.2, 0) is 0 Å². The third-order valence-electron chi connectivity index (χ3n) is 9.24. The van der Waals surface area contributed by atoms with Crippen LogP contribution in [0.15, 0.2) is 204 Å². The van der Waals surface area contributed by atoms with Gasteiger partial charge in [-0.1, -0.05) is 139 Å². The standard InChI is InChI=1S/C46H32N2S/c1-3-12-33(13-4-1)34-22-27-39(28-23-34)47(42-20-11-15-36-14-7-8-18-41(36)42)40-29-24-35(25-30-40)37-26-31-44-46(32-37)49-45-21-10-9-19-43(45)48(44)38-16-5-2-6-17-38/h1-32H. The first kappa shape index (κ1) is 29.1. The Morgan fingerprint density at radius 3 is 1.69 bits per heavy atom. The molecule has 1 aliphatic rings. The zero-order chi connectivity index (χ0) is 32.6. The average molecular weight is 645 g/mol. The molecule has 232 valence electrons. The lowest BCUT2D eigenvalue weighted by Crippen LogP contribution is -2.14. The van der Waals surface area contributed by atoms with Gasteiger partial charge in [0.1, 0.15) is 0 Å². The molecule has 0 saturated heterocycles. The van der Waals surface area contributed by atoms with Gasteiger partial charge in [-0.2, -0.15) is 0 Å². The molecule has 0 aliphatic carbocycles. The molecule has 0 saturated carbocycles. The summed E-state index contributed by atoms with van der Waals surface area (Å²) in [4.78, 5) is 7.26. The maximum atomic E-state index is 2.37. The molecule has 0 amide bonds. The fourth-order valence-electron chi connectivity index (χ4n) is 6.86. The van der Waals surface area contributed by atoms with Crippen LogP contribution >= 0.6 is 11.8 Å². The van der Waals surface area contributed by atoms with E-state index in [-0.39, 0.29) is 0 Å². The van der Waals surface area contributed by atoms with E-state index in [1.807, 2.05) is 11.8 Å². The molecule has 0 atom stereocenters. The minimum absolute atomic E-state index is 1.11. The first-order valence-electron chi connectivity index (χ1n) is 16.6. The third-order valence-corrected chi connectivity index (χ3v) is 10.4. The minimum atomic E-state index is 1.11. The van der Waals surface area contributed by atoms with E-state index in [4.69, 9.17) is 0 Å². The van der Waals surface area contributed by atoms with Gasteiger partial charge < -0.3 is 9.80 Å². The van der Waals surface area contributed by atoms with Crippen LogP contribution in [0.2, 0.25) is 0 Å². The molecule has 49 heavy (non-hydrogen) atoms. The highest BCUT2D eigenvalue weighted by Gasteiger charge is 2.25. The largest absolute Gasteiger partial charge is 0.310 e. The minimum Gasteiger partial charge on any atom is -0.310 e. The van der Waals surface area contributed by atoms with E-state index in [9.17, 15) is 0 Å². The Kier molecular flexibility index (Phi) is 7.45. The number of nitrogens with zero attached hydrogens (tertiary/aromatic N) is 2. The third kappa shape index (κ3) is 5.44. The van der Waals surface area contributed by atoms with E-state index in [2.05, 4.69) is 204 Å². The van der Waals surface area contributed by atoms with Crippen molar-refractivity contribution in [1.82, 2.24) is 0 Å². The predicted molar refractivity (Wildman–Crippen MR) is 208 cm³/mol. The summed E-state index contributed by atoms with van der Waals surface area (Å²) in [6, 6.07) is 69.8. The number of fused-ring (bicyclic) bond motifs is 3. The van der Waals surface area contributed by atoms with Gasteiger partial charge in [-0.05, 0) is 94.4 Å². The van der Waals surface area contributed by atoms with Crippen molar-refractivity contribution in [3.05, 3.63) is 194 Å². The maximum absolute atomic E-state index is 2.37. The second kappa shape index (κ2) is 12.5. The van der Waals surface area contributed by atoms with Crippen molar-refractivity contribution in [3.63, 3.8) is 0 Å². The lowest BCUT2D eigenvalue weighted by Gasteiger charge is -2.33. The van der Waals surface area contributed by atoms with Crippen LogP contribution in [-0.4, -0.2) is 0 Å². The van der Waals surface area contributed by atoms with Gasteiger partial charge in [-0.3, -0.25) is 0 Å². The molecule has 1 aliphatic heterocycles. The Morgan fingerprint density at radius 1 is 0.388 bits per heavy atom. The van der Waals surface area contributed by atoms with Crippen molar-refractivity contribution in [1.29, 1.82) is 0 Å². The van der Waals surface area contributed by atoms with Gasteiger partial charge in [0.2, 0.25) is 0 Å². The zero-order valence-corrected chi connectivity index (χ0v) is 27.6. The van der Waals surface area contributed by atoms with Gasteiger partial charge >= 0.3 is 0 Å². The summed E-state index contributed by atoms with van der Waals surface area (Å²) in [5.41, 5.74) is 11.8. The molecule has 0 fully saturated rings. The van der Waals surface area contributed by atoms with Crippen LogP contribution in [0.1, 0.15) is 0 Å². The lowest BCUT2D eigenvalue weighted by atomic mass is 10.0. The Morgan fingerprint density at radius 2 is 0.939 bits per heavy atom. The Balaban J connectivity index is 1.10. The van der Waals surface area contributed by atoms with Crippen molar-refractivity contribution in [2.45, 2.75) is 9.79 Å². The van der Waals surface area contributed by atoms with E-state index < -0.39 is 0 Å². The van der Waals surface area contributed by atoms with Crippen LogP contribution < -0.4 is 9.80 Å². The number of hydrogen-bond acceptors (Lipinski definition) is 3. The summed E-state index contributed by atoms with van der Waals surface area (Å²) in [6.45, 7) is 0. The summed E-state index contributed by atoms with van der Waals surface area (Å²) in [6.07, 6.45) is 0. The normalized spacial score (nSPS) is 12.0.